The van der Waals surface area contributed by atoms with Crippen LogP contribution in [0.4, 0.5) is 13.2 Å². The van der Waals surface area contributed by atoms with Gasteiger partial charge in [-0.15, -0.1) is 0 Å². The van der Waals surface area contributed by atoms with Crippen molar-refractivity contribution in [3.05, 3.63) is 60.2 Å². The van der Waals surface area contributed by atoms with E-state index in [0.29, 0.717) is 0 Å². The van der Waals surface area contributed by atoms with E-state index in [1.807, 2.05) is 0 Å². The van der Waals surface area contributed by atoms with Crippen LogP contribution in [0.15, 0.2) is 59.5 Å². The quantitative estimate of drug-likeness (QED) is 0.834. The predicted molar refractivity (Wildman–Crippen MR) is 79.1 cm³/mol. The van der Waals surface area contributed by atoms with Gasteiger partial charge >= 0.3 is 16.3 Å². The molecule has 0 heterocycles. The Bertz CT molecular complexity index is 803. The van der Waals surface area contributed by atoms with Gasteiger partial charge in [0.05, 0.1) is 0 Å². The number of rotatable bonds is 5. The van der Waals surface area contributed by atoms with Gasteiger partial charge in [0.25, 0.3) is 5.91 Å². The van der Waals surface area contributed by atoms with Gasteiger partial charge in [-0.1, -0.05) is 18.2 Å². The van der Waals surface area contributed by atoms with E-state index in [4.69, 9.17) is 4.18 Å². The van der Waals surface area contributed by atoms with Gasteiger partial charge < -0.3 is 9.50 Å². The lowest BCUT2D eigenvalue weighted by Crippen LogP contribution is -2.33. The van der Waals surface area contributed by atoms with E-state index in [1.165, 1.54) is 12.1 Å². The minimum atomic E-state index is -4.53. The lowest BCUT2D eigenvalue weighted by atomic mass is 10.2. The van der Waals surface area contributed by atoms with E-state index in [-0.39, 0.29) is 16.2 Å². The molecule has 0 fully saturated rings. The number of amides is 1. The molecule has 2 rings (SSSR count). The SMILES string of the molecule is O=C(NCC(F)(F)F)c1ccc(S(=O)(=O)Oc2ccccc2)cc1. The molecule has 0 aromatic heterocycles. The summed E-state index contributed by atoms with van der Waals surface area (Å²) in [5, 5.41) is 1.69. The molecule has 5 nitrogen and oxygen atoms in total. The molecule has 0 saturated heterocycles. The molecule has 2 aromatic carbocycles. The van der Waals surface area contributed by atoms with Crippen molar-refractivity contribution in [2.45, 2.75) is 11.1 Å². The Hall–Kier alpha value is -2.55. The van der Waals surface area contributed by atoms with E-state index in [0.717, 1.165) is 24.3 Å². The summed E-state index contributed by atoms with van der Waals surface area (Å²) in [4.78, 5) is 11.3. The number of benzene rings is 2. The second-order valence-corrected chi connectivity index (χ2v) is 6.22. The van der Waals surface area contributed by atoms with Crippen molar-refractivity contribution in [1.82, 2.24) is 5.32 Å². The Morgan fingerprint density at radius 1 is 1.00 bits per heavy atom. The largest absolute Gasteiger partial charge is 0.405 e. The Morgan fingerprint density at radius 2 is 1.58 bits per heavy atom. The summed E-state index contributed by atoms with van der Waals surface area (Å²) in [7, 11) is -4.10. The van der Waals surface area contributed by atoms with Crippen molar-refractivity contribution in [2.24, 2.45) is 0 Å². The van der Waals surface area contributed by atoms with Crippen LogP contribution in [0, 0.1) is 0 Å². The van der Waals surface area contributed by atoms with Crippen molar-refractivity contribution in [1.29, 1.82) is 0 Å². The summed E-state index contributed by atoms with van der Waals surface area (Å²) < 4.78 is 65.2. The maximum absolute atomic E-state index is 12.1. The minimum absolute atomic E-state index is 0.0992. The molecule has 0 bridgehead atoms. The van der Waals surface area contributed by atoms with E-state index < -0.39 is 28.7 Å². The summed E-state index contributed by atoms with van der Waals surface area (Å²) in [6, 6.07) is 12.2. The highest BCUT2D eigenvalue weighted by Gasteiger charge is 2.28. The molecule has 2 aromatic rings. The van der Waals surface area contributed by atoms with Gasteiger partial charge in [0.2, 0.25) is 0 Å². The van der Waals surface area contributed by atoms with Gasteiger partial charge in [-0.05, 0) is 36.4 Å². The van der Waals surface area contributed by atoms with Gasteiger partial charge in [-0.25, -0.2) is 0 Å². The molecular formula is C15H12F3NO4S. The number of alkyl halides is 3. The molecule has 128 valence electrons. The van der Waals surface area contributed by atoms with Crippen LogP contribution in [0.1, 0.15) is 10.4 Å². The van der Waals surface area contributed by atoms with Crippen LogP contribution in [0.5, 0.6) is 5.75 Å². The van der Waals surface area contributed by atoms with Gasteiger partial charge in [0.1, 0.15) is 17.2 Å². The maximum atomic E-state index is 12.1. The predicted octanol–water partition coefficient (Wildman–Crippen LogP) is 2.75. The number of halogens is 3. The van der Waals surface area contributed by atoms with Crippen LogP contribution in [0.3, 0.4) is 0 Å². The monoisotopic (exact) mass is 359 g/mol. The number of nitrogens with one attached hydrogen (secondary N) is 1. The van der Waals surface area contributed by atoms with Gasteiger partial charge in [0, 0.05) is 5.56 Å². The molecule has 1 N–H and O–H groups in total. The third-order valence-corrected chi connectivity index (χ3v) is 4.07. The molecule has 0 aliphatic heterocycles. The average molecular weight is 359 g/mol. The zero-order valence-electron chi connectivity index (χ0n) is 12.1. The second kappa shape index (κ2) is 6.91. The summed E-state index contributed by atoms with van der Waals surface area (Å²) in [5.41, 5.74) is -0.0992. The van der Waals surface area contributed by atoms with E-state index >= 15 is 0 Å². The number of hydrogen-bond donors (Lipinski definition) is 1. The fourth-order valence-corrected chi connectivity index (χ4v) is 2.64. The number of hydrogen-bond acceptors (Lipinski definition) is 4. The zero-order valence-corrected chi connectivity index (χ0v) is 12.9. The van der Waals surface area contributed by atoms with E-state index in [1.54, 1.807) is 23.5 Å². The van der Waals surface area contributed by atoms with Crippen molar-refractivity contribution in [3.63, 3.8) is 0 Å². The molecule has 0 saturated carbocycles. The van der Waals surface area contributed by atoms with Crippen molar-refractivity contribution in [2.75, 3.05) is 6.54 Å². The number of para-hydroxylation sites is 1. The fourth-order valence-electron chi connectivity index (χ4n) is 1.71. The first-order valence-electron chi connectivity index (χ1n) is 6.62. The molecule has 0 spiro atoms. The Labute approximate surface area is 136 Å². The number of carbonyl (C=O) groups excluding carboxylic acids is 1. The van der Waals surface area contributed by atoms with Crippen LogP contribution in [-0.4, -0.2) is 27.0 Å². The number of carbonyl (C=O) groups is 1. The first kappa shape index (κ1) is 17.8. The van der Waals surface area contributed by atoms with Crippen molar-refractivity contribution >= 4 is 16.0 Å². The Balaban J connectivity index is 2.09. The molecule has 0 atom stereocenters. The fraction of sp³-hybridized carbons (Fsp3) is 0.133. The molecular weight excluding hydrogens is 347 g/mol. The third-order valence-electron chi connectivity index (χ3n) is 2.80. The van der Waals surface area contributed by atoms with Gasteiger partial charge in [-0.2, -0.15) is 21.6 Å². The van der Waals surface area contributed by atoms with Crippen LogP contribution in [0.25, 0.3) is 0 Å². The molecule has 0 aliphatic carbocycles. The van der Waals surface area contributed by atoms with E-state index in [2.05, 4.69) is 0 Å². The van der Waals surface area contributed by atoms with E-state index in [9.17, 15) is 26.4 Å². The highest BCUT2D eigenvalue weighted by molar-refractivity contribution is 7.87. The molecule has 0 radical (unpaired) electrons. The van der Waals surface area contributed by atoms with Crippen LogP contribution >= 0.6 is 0 Å². The summed E-state index contributed by atoms with van der Waals surface area (Å²) in [5.74, 6) is -0.843. The van der Waals surface area contributed by atoms with Crippen LogP contribution in [0.2, 0.25) is 0 Å². The highest BCUT2D eigenvalue weighted by Crippen LogP contribution is 2.19. The highest BCUT2D eigenvalue weighted by atomic mass is 32.2. The summed E-state index contributed by atoms with van der Waals surface area (Å²) >= 11 is 0. The molecule has 9 heteroatoms. The summed E-state index contributed by atoms with van der Waals surface area (Å²) in [6.45, 7) is -1.47. The van der Waals surface area contributed by atoms with Crippen molar-refractivity contribution in [3.8, 4) is 5.75 Å². The van der Waals surface area contributed by atoms with Crippen molar-refractivity contribution < 1.29 is 30.6 Å². The van der Waals surface area contributed by atoms with Crippen LogP contribution in [-0.2, 0) is 10.1 Å². The minimum Gasteiger partial charge on any atom is -0.379 e. The normalized spacial score (nSPS) is 11.8. The third kappa shape index (κ3) is 4.98. The first-order valence-corrected chi connectivity index (χ1v) is 8.03. The molecule has 1 amide bonds. The Morgan fingerprint density at radius 3 is 2.12 bits per heavy atom. The van der Waals surface area contributed by atoms with Gasteiger partial charge in [0.15, 0.2) is 0 Å². The molecule has 0 aliphatic rings. The smallest absolute Gasteiger partial charge is 0.379 e. The maximum Gasteiger partial charge on any atom is 0.405 e. The summed E-state index contributed by atoms with van der Waals surface area (Å²) in [6.07, 6.45) is -4.53. The Kier molecular flexibility index (Phi) is 5.13. The molecule has 0 unspecified atom stereocenters. The standard InChI is InChI=1S/C15H12F3NO4S/c16-15(17,18)10-19-14(20)11-6-8-13(9-7-11)24(21,22)23-12-4-2-1-3-5-12/h1-9H,10H2,(H,19,20). The van der Waals surface area contributed by atoms with Gasteiger partial charge in [-0.3, -0.25) is 4.79 Å². The zero-order chi connectivity index (χ0) is 17.8. The topological polar surface area (TPSA) is 72.5 Å². The van der Waals surface area contributed by atoms with Crippen LogP contribution < -0.4 is 9.50 Å². The lowest BCUT2D eigenvalue weighted by molar-refractivity contribution is -0.123. The first-order chi connectivity index (χ1) is 11.2. The average Bonchev–Trinajstić information content (AvgIpc) is 2.52. The lowest BCUT2D eigenvalue weighted by Gasteiger charge is -2.09. The second-order valence-electron chi connectivity index (χ2n) is 4.67. The molecule has 24 heavy (non-hydrogen) atoms.